The van der Waals surface area contributed by atoms with Crippen molar-refractivity contribution >= 4 is 27.1 Å². The first-order chi connectivity index (χ1) is 10.8. The Hall–Kier alpha value is -1.76. The molecule has 0 radical (unpaired) electrons. The van der Waals surface area contributed by atoms with E-state index in [-0.39, 0.29) is 23.5 Å². The fraction of sp³-hybridized carbons (Fsp3) is 0.562. The number of benzene rings is 1. The van der Waals surface area contributed by atoms with E-state index in [0.29, 0.717) is 19.4 Å². The van der Waals surface area contributed by atoms with Crippen LogP contribution in [0.4, 0.5) is 11.4 Å². The van der Waals surface area contributed by atoms with Crippen molar-refractivity contribution in [2.45, 2.75) is 18.9 Å². The number of nitrogens with one attached hydrogen (secondary N) is 1. The molecule has 0 spiro atoms. The zero-order valence-corrected chi connectivity index (χ0v) is 14.8. The summed E-state index contributed by atoms with van der Waals surface area (Å²) < 4.78 is 23.0. The second kappa shape index (κ2) is 7.21. The lowest BCUT2D eigenvalue weighted by Gasteiger charge is -2.23. The number of carbonyl (C=O) groups excluding carboxylic acids is 1. The molecule has 1 amide bonds. The van der Waals surface area contributed by atoms with Crippen LogP contribution in [0.3, 0.4) is 0 Å². The minimum absolute atomic E-state index is 0.0236. The fourth-order valence-electron chi connectivity index (χ4n) is 2.65. The lowest BCUT2D eigenvalue weighted by molar-refractivity contribution is -0.131. The van der Waals surface area contributed by atoms with Gasteiger partial charge in [0.25, 0.3) is 0 Å². The average molecular weight is 339 g/mol. The molecular weight excluding hydrogens is 314 g/mol. The van der Waals surface area contributed by atoms with Gasteiger partial charge in [0.2, 0.25) is 5.91 Å². The van der Waals surface area contributed by atoms with E-state index in [1.807, 2.05) is 43.3 Å². The fourth-order valence-corrected chi connectivity index (χ4v) is 4.43. The molecule has 1 aliphatic heterocycles. The number of carbonyl (C=O) groups is 1. The molecule has 0 saturated carbocycles. The highest BCUT2D eigenvalue weighted by Crippen LogP contribution is 2.18. The largest absolute Gasteiger partial charge is 0.385 e. The van der Waals surface area contributed by atoms with Crippen molar-refractivity contribution in [3.8, 4) is 0 Å². The van der Waals surface area contributed by atoms with E-state index < -0.39 is 9.84 Å². The van der Waals surface area contributed by atoms with Gasteiger partial charge in [-0.2, -0.15) is 0 Å². The molecule has 6 nitrogen and oxygen atoms in total. The van der Waals surface area contributed by atoms with Crippen molar-refractivity contribution in [1.29, 1.82) is 0 Å². The molecule has 128 valence electrons. The van der Waals surface area contributed by atoms with Crippen LogP contribution in [0.15, 0.2) is 24.3 Å². The van der Waals surface area contributed by atoms with E-state index in [1.54, 1.807) is 11.9 Å². The minimum atomic E-state index is -2.96. The van der Waals surface area contributed by atoms with Crippen molar-refractivity contribution < 1.29 is 13.2 Å². The van der Waals surface area contributed by atoms with Crippen LogP contribution < -0.4 is 10.2 Å². The Morgan fingerprint density at radius 1 is 1.22 bits per heavy atom. The Balaban J connectivity index is 1.78. The monoisotopic (exact) mass is 339 g/mol. The molecule has 1 unspecified atom stereocenters. The number of rotatable bonds is 6. The van der Waals surface area contributed by atoms with Gasteiger partial charge in [-0.25, -0.2) is 8.42 Å². The highest BCUT2D eigenvalue weighted by Gasteiger charge is 2.32. The molecule has 1 aliphatic rings. The topological polar surface area (TPSA) is 69.7 Å². The minimum Gasteiger partial charge on any atom is -0.385 e. The summed E-state index contributed by atoms with van der Waals surface area (Å²) in [6, 6.07) is 7.81. The molecule has 1 aromatic carbocycles. The van der Waals surface area contributed by atoms with Crippen LogP contribution in [-0.2, 0) is 14.6 Å². The molecule has 0 bridgehead atoms. The molecule has 1 aromatic rings. The molecule has 23 heavy (non-hydrogen) atoms. The van der Waals surface area contributed by atoms with Gasteiger partial charge < -0.3 is 15.1 Å². The Morgan fingerprint density at radius 2 is 1.87 bits per heavy atom. The van der Waals surface area contributed by atoms with Gasteiger partial charge in [0, 0.05) is 51.5 Å². The summed E-state index contributed by atoms with van der Waals surface area (Å²) in [5, 5.41) is 3.22. The quantitative estimate of drug-likeness (QED) is 0.843. The van der Waals surface area contributed by atoms with E-state index in [9.17, 15) is 13.2 Å². The Morgan fingerprint density at radius 3 is 2.39 bits per heavy atom. The first-order valence-corrected chi connectivity index (χ1v) is 9.58. The Bertz CT molecular complexity index is 641. The molecule has 0 aliphatic carbocycles. The number of nitrogens with zero attached hydrogens (tertiary/aromatic N) is 2. The van der Waals surface area contributed by atoms with Crippen LogP contribution in [-0.4, -0.2) is 64.5 Å². The van der Waals surface area contributed by atoms with Gasteiger partial charge >= 0.3 is 0 Å². The summed E-state index contributed by atoms with van der Waals surface area (Å²) in [5.41, 5.74) is 2.09. The Labute approximate surface area is 138 Å². The predicted octanol–water partition coefficient (Wildman–Crippen LogP) is 1.20. The molecule has 2 rings (SSSR count). The summed E-state index contributed by atoms with van der Waals surface area (Å²) in [5.74, 6) is 0.255. The summed E-state index contributed by atoms with van der Waals surface area (Å²) >= 11 is 0. The van der Waals surface area contributed by atoms with Crippen LogP contribution in [0.1, 0.15) is 12.8 Å². The summed E-state index contributed by atoms with van der Waals surface area (Å²) in [7, 11) is 2.70. The zero-order chi connectivity index (χ0) is 17.0. The van der Waals surface area contributed by atoms with Gasteiger partial charge in [0.05, 0.1) is 11.5 Å². The van der Waals surface area contributed by atoms with E-state index in [2.05, 4.69) is 5.32 Å². The zero-order valence-electron chi connectivity index (χ0n) is 13.9. The summed E-state index contributed by atoms with van der Waals surface area (Å²) in [6.07, 6.45) is 0.895. The third kappa shape index (κ3) is 4.86. The lowest BCUT2D eigenvalue weighted by Crippen LogP contribution is -2.38. The van der Waals surface area contributed by atoms with E-state index >= 15 is 0 Å². The summed E-state index contributed by atoms with van der Waals surface area (Å²) in [4.78, 5) is 15.8. The molecule has 1 saturated heterocycles. The first kappa shape index (κ1) is 17.6. The van der Waals surface area contributed by atoms with E-state index in [4.69, 9.17) is 0 Å². The maximum Gasteiger partial charge on any atom is 0.224 e. The van der Waals surface area contributed by atoms with Crippen molar-refractivity contribution in [2.75, 3.05) is 49.4 Å². The third-order valence-corrected chi connectivity index (χ3v) is 5.95. The highest BCUT2D eigenvalue weighted by atomic mass is 32.2. The third-order valence-electron chi connectivity index (χ3n) is 4.20. The maximum absolute atomic E-state index is 12.2. The van der Waals surface area contributed by atoms with Crippen molar-refractivity contribution in [1.82, 2.24) is 4.90 Å². The Kier molecular flexibility index (Phi) is 5.51. The van der Waals surface area contributed by atoms with Crippen LogP contribution in [0.2, 0.25) is 0 Å². The van der Waals surface area contributed by atoms with Gasteiger partial charge in [-0.05, 0) is 30.7 Å². The number of sulfone groups is 1. The standard InChI is InChI=1S/C16H25N3O3S/c1-18(2)14-6-4-13(5-7-14)17-10-8-16(20)19(3)15-9-11-23(21,22)12-15/h4-7,15,17H,8-12H2,1-3H3. The molecule has 1 atom stereocenters. The smallest absolute Gasteiger partial charge is 0.224 e. The molecule has 1 N–H and O–H groups in total. The van der Waals surface area contributed by atoms with Crippen molar-refractivity contribution in [3.63, 3.8) is 0 Å². The van der Waals surface area contributed by atoms with Gasteiger partial charge in [0.15, 0.2) is 9.84 Å². The molecule has 1 heterocycles. The summed E-state index contributed by atoms with van der Waals surface area (Å²) in [6.45, 7) is 0.532. The molecule has 1 fully saturated rings. The van der Waals surface area contributed by atoms with Crippen molar-refractivity contribution in [3.05, 3.63) is 24.3 Å². The second-order valence-corrected chi connectivity index (χ2v) is 8.41. The average Bonchev–Trinajstić information content (AvgIpc) is 2.87. The van der Waals surface area contributed by atoms with E-state index in [0.717, 1.165) is 11.4 Å². The predicted molar refractivity (Wildman–Crippen MR) is 93.7 cm³/mol. The van der Waals surface area contributed by atoms with Crippen LogP contribution >= 0.6 is 0 Å². The molecule has 0 aromatic heterocycles. The van der Waals surface area contributed by atoms with Gasteiger partial charge in [-0.3, -0.25) is 4.79 Å². The normalized spacial score (nSPS) is 19.3. The molecular formula is C16H25N3O3S. The lowest BCUT2D eigenvalue weighted by atomic mass is 10.2. The number of hydrogen-bond donors (Lipinski definition) is 1. The number of hydrogen-bond acceptors (Lipinski definition) is 5. The van der Waals surface area contributed by atoms with Crippen LogP contribution in [0.25, 0.3) is 0 Å². The van der Waals surface area contributed by atoms with Crippen molar-refractivity contribution in [2.24, 2.45) is 0 Å². The van der Waals surface area contributed by atoms with E-state index in [1.165, 1.54) is 0 Å². The SMILES string of the molecule is CN(C)c1ccc(NCCC(=O)N(C)C2CCS(=O)(=O)C2)cc1. The van der Waals surface area contributed by atoms with Crippen LogP contribution in [0, 0.1) is 0 Å². The van der Waals surface area contributed by atoms with Gasteiger partial charge in [0.1, 0.15) is 0 Å². The second-order valence-electron chi connectivity index (χ2n) is 6.18. The first-order valence-electron chi connectivity index (χ1n) is 7.76. The van der Waals surface area contributed by atoms with Gasteiger partial charge in [-0.15, -0.1) is 0 Å². The number of anilines is 2. The molecule has 7 heteroatoms. The van der Waals surface area contributed by atoms with Crippen LogP contribution in [0.5, 0.6) is 0 Å². The maximum atomic E-state index is 12.2. The number of amides is 1. The highest BCUT2D eigenvalue weighted by molar-refractivity contribution is 7.91. The van der Waals surface area contributed by atoms with Gasteiger partial charge in [-0.1, -0.05) is 0 Å².